The van der Waals surface area contributed by atoms with Crippen LogP contribution in [-0.2, 0) is 10.0 Å². The summed E-state index contributed by atoms with van der Waals surface area (Å²) in [4.78, 5) is 4.03. The molecule has 0 fully saturated rings. The number of nitrogens with one attached hydrogen (secondary N) is 1. The molecule has 2 N–H and O–H groups in total. The summed E-state index contributed by atoms with van der Waals surface area (Å²) in [7, 11) is -3.91. The SMILES string of the molecule is O=S(=O)(Nc1cc(O)cc2cccnc12)c1ccc(F)cc1. The number of nitrogens with zero attached hydrogens (tertiary/aromatic N) is 1. The average molecular weight is 318 g/mol. The Labute approximate surface area is 126 Å². The van der Waals surface area contributed by atoms with Gasteiger partial charge in [0.15, 0.2) is 0 Å². The Morgan fingerprint density at radius 1 is 1.09 bits per heavy atom. The zero-order chi connectivity index (χ0) is 15.7. The van der Waals surface area contributed by atoms with Crippen LogP contribution in [0.2, 0.25) is 0 Å². The summed E-state index contributed by atoms with van der Waals surface area (Å²) < 4.78 is 39.9. The molecule has 0 atom stereocenters. The van der Waals surface area contributed by atoms with Gasteiger partial charge in [0.1, 0.15) is 11.6 Å². The smallest absolute Gasteiger partial charge is 0.261 e. The van der Waals surface area contributed by atoms with Gasteiger partial charge >= 0.3 is 0 Å². The molecule has 5 nitrogen and oxygen atoms in total. The molecular weight excluding hydrogens is 307 g/mol. The third-order valence-corrected chi connectivity index (χ3v) is 4.44. The van der Waals surface area contributed by atoms with Crippen LogP contribution < -0.4 is 4.72 Å². The van der Waals surface area contributed by atoms with Crippen LogP contribution in [-0.4, -0.2) is 18.5 Å². The molecule has 0 aliphatic heterocycles. The van der Waals surface area contributed by atoms with Crippen LogP contribution in [0.1, 0.15) is 0 Å². The number of fused-ring (bicyclic) bond motifs is 1. The second kappa shape index (κ2) is 5.27. The Kier molecular flexibility index (Phi) is 3.42. The Balaban J connectivity index is 2.07. The van der Waals surface area contributed by atoms with Crippen LogP contribution in [0.25, 0.3) is 10.9 Å². The lowest BCUT2D eigenvalue weighted by molar-refractivity contribution is 0.476. The van der Waals surface area contributed by atoms with Gasteiger partial charge in [0.05, 0.1) is 16.1 Å². The van der Waals surface area contributed by atoms with E-state index in [1.165, 1.54) is 18.3 Å². The molecule has 0 unspecified atom stereocenters. The molecule has 0 saturated heterocycles. The third kappa shape index (κ3) is 2.71. The van der Waals surface area contributed by atoms with Gasteiger partial charge in [-0.1, -0.05) is 6.07 Å². The highest BCUT2D eigenvalue weighted by Crippen LogP contribution is 2.28. The lowest BCUT2D eigenvalue weighted by Gasteiger charge is -2.10. The van der Waals surface area contributed by atoms with Gasteiger partial charge in [0.25, 0.3) is 10.0 Å². The highest BCUT2D eigenvalue weighted by Gasteiger charge is 2.16. The van der Waals surface area contributed by atoms with Crippen LogP contribution in [0.5, 0.6) is 5.75 Å². The Morgan fingerprint density at radius 3 is 2.55 bits per heavy atom. The number of hydrogen-bond acceptors (Lipinski definition) is 4. The van der Waals surface area contributed by atoms with Crippen molar-refractivity contribution in [1.29, 1.82) is 0 Å². The number of halogens is 1. The number of rotatable bonds is 3. The number of aromatic hydroxyl groups is 1. The lowest BCUT2D eigenvalue weighted by atomic mass is 10.2. The van der Waals surface area contributed by atoms with Gasteiger partial charge < -0.3 is 5.11 Å². The first-order valence-corrected chi connectivity index (χ1v) is 7.80. The topological polar surface area (TPSA) is 79.3 Å². The Morgan fingerprint density at radius 2 is 1.82 bits per heavy atom. The fourth-order valence-electron chi connectivity index (χ4n) is 2.07. The van der Waals surface area contributed by atoms with Crippen LogP contribution in [0.15, 0.2) is 59.6 Å². The average Bonchev–Trinajstić information content (AvgIpc) is 2.47. The summed E-state index contributed by atoms with van der Waals surface area (Å²) in [6, 6.07) is 10.6. The molecule has 0 saturated carbocycles. The van der Waals surface area contributed by atoms with Crippen molar-refractivity contribution in [1.82, 2.24) is 4.98 Å². The van der Waals surface area contributed by atoms with Crippen molar-refractivity contribution in [3.05, 3.63) is 60.5 Å². The second-order valence-electron chi connectivity index (χ2n) is 4.63. The predicted molar refractivity (Wildman–Crippen MR) is 80.6 cm³/mol. The molecule has 0 bridgehead atoms. The standard InChI is InChI=1S/C15H11FN2O3S/c16-11-3-5-13(6-4-11)22(20,21)18-14-9-12(19)8-10-2-1-7-17-15(10)14/h1-9,18-19H. The first-order chi connectivity index (χ1) is 10.5. The number of phenols is 1. The van der Waals surface area contributed by atoms with Crippen LogP contribution in [0, 0.1) is 5.82 Å². The van der Waals surface area contributed by atoms with E-state index in [0.717, 1.165) is 24.3 Å². The number of aromatic nitrogens is 1. The van der Waals surface area contributed by atoms with Gasteiger partial charge in [0.2, 0.25) is 0 Å². The zero-order valence-electron chi connectivity index (χ0n) is 11.2. The lowest BCUT2D eigenvalue weighted by Crippen LogP contribution is -2.13. The molecule has 1 aromatic heterocycles. The normalized spacial score (nSPS) is 11.5. The minimum absolute atomic E-state index is 0.0821. The number of anilines is 1. The largest absolute Gasteiger partial charge is 0.508 e. The number of benzene rings is 2. The van der Waals surface area contributed by atoms with E-state index in [4.69, 9.17) is 0 Å². The molecule has 112 valence electrons. The van der Waals surface area contributed by atoms with E-state index >= 15 is 0 Å². The highest BCUT2D eigenvalue weighted by molar-refractivity contribution is 7.92. The van der Waals surface area contributed by atoms with Gasteiger partial charge in [-0.15, -0.1) is 0 Å². The summed E-state index contributed by atoms with van der Waals surface area (Å²) in [5.41, 5.74) is 0.561. The minimum atomic E-state index is -3.91. The fraction of sp³-hybridized carbons (Fsp3) is 0. The van der Waals surface area contributed by atoms with Gasteiger partial charge in [-0.25, -0.2) is 12.8 Å². The minimum Gasteiger partial charge on any atom is -0.508 e. The van der Waals surface area contributed by atoms with Crippen LogP contribution in [0.3, 0.4) is 0 Å². The van der Waals surface area contributed by atoms with Gasteiger partial charge in [-0.05, 0) is 36.4 Å². The van der Waals surface area contributed by atoms with E-state index < -0.39 is 15.8 Å². The number of sulfonamides is 1. The Bertz CT molecular complexity index is 941. The van der Waals surface area contributed by atoms with Crippen LogP contribution in [0.4, 0.5) is 10.1 Å². The van der Waals surface area contributed by atoms with Crippen molar-refractivity contribution in [2.45, 2.75) is 4.90 Å². The maximum Gasteiger partial charge on any atom is 0.261 e. The molecular formula is C15H11FN2O3S. The van der Waals surface area contributed by atoms with Crippen molar-refractivity contribution < 1.29 is 17.9 Å². The molecule has 0 amide bonds. The summed E-state index contributed by atoms with van der Waals surface area (Å²) >= 11 is 0. The van der Waals surface area contributed by atoms with Crippen molar-refractivity contribution >= 4 is 26.6 Å². The van der Waals surface area contributed by atoms with E-state index in [2.05, 4.69) is 9.71 Å². The quantitative estimate of drug-likeness (QED) is 0.778. The van der Waals surface area contributed by atoms with Gasteiger partial charge in [-0.2, -0.15) is 0 Å². The molecule has 0 spiro atoms. The molecule has 1 heterocycles. The summed E-state index contributed by atoms with van der Waals surface area (Å²) in [6.07, 6.45) is 1.52. The number of hydrogen-bond donors (Lipinski definition) is 2. The van der Waals surface area contributed by atoms with E-state index in [9.17, 15) is 17.9 Å². The molecule has 2 aromatic carbocycles. The summed E-state index contributed by atoms with van der Waals surface area (Å²) in [5.74, 6) is -0.610. The molecule has 0 aliphatic carbocycles. The Hall–Kier alpha value is -2.67. The molecule has 3 rings (SSSR count). The second-order valence-corrected chi connectivity index (χ2v) is 6.31. The highest BCUT2D eigenvalue weighted by atomic mass is 32.2. The molecule has 3 aromatic rings. The summed E-state index contributed by atoms with van der Waals surface area (Å²) in [5, 5.41) is 10.3. The van der Waals surface area contributed by atoms with Gasteiger partial charge in [0, 0.05) is 17.6 Å². The molecule has 7 heteroatoms. The fourth-order valence-corrected chi connectivity index (χ4v) is 3.13. The summed E-state index contributed by atoms with van der Waals surface area (Å²) in [6.45, 7) is 0. The van der Waals surface area contributed by atoms with Crippen molar-refractivity contribution in [2.75, 3.05) is 4.72 Å². The van der Waals surface area contributed by atoms with E-state index in [0.29, 0.717) is 10.9 Å². The maximum atomic E-state index is 12.9. The van der Waals surface area contributed by atoms with Crippen molar-refractivity contribution in [3.63, 3.8) is 0 Å². The number of phenolic OH excluding ortho intramolecular Hbond substituents is 1. The predicted octanol–water partition coefficient (Wildman–Crippen LogP) is 2.88. The molecule has 22 heavy (non-hydrogen) atoms. The van der Waals surface area contributed by atoms with E-state index in [1.54, 1.807) is 12.1 Å². The van der Waals surface area contributed by atoms with Gasteiger partial charge in [-0.3, -0.25) is 9.71 Å². The van der Waals surface area contributed by atoms with Crippen molar-refractivity contribution in [2.24, 2.45) is 0 Å². The third-order valence-electron chi connectivity index (χ3n) is 3.06. The zero-order valence-corrected chi connectivity index (χ0v) is 12.0. The monoisotopic (exact) mass is 318 g/mol. The maximum absolute atomic E-state index is 12.9. The van der Waals surface area contributed by atoms with E-state index in [1.807, 2.05) is 0 Å². The first-order valence-electron chi connectivity index (χ1n) is 6.32. The van der Waals surface area contributed by atoms with Crippen LogP contribution >= 0.6 is 0 Å². The number of pyridine rings is 1. The first kappa shape index (κ1) is 14.3. The molecule has 0 radical (unpaired) electrons. The van der Waals surface area contributed by atoms with Crippen molar-refractivity contribution in [3.8, 4) is 5.75 Å². The van der Waals surface area contributed by atoms with E-state index in [-0.39, 0.29) is 16.3 Å². The molecule has 0 aliphatic rings.